The van der Waals surface area contributed by atoms with Crippen LogP contribution < -0.4 is 0 Å². The number of para-hydroxylation sites is 1. The van der Waals surface area contributed by atoms with Crippen LogP contribution in [0.15, 0.2) is 156 Å². The van der Waals surface area contributed by atoms with Gasteiger partial charge in [0.15, 0.2) is 0 Å². The van der Waals surface area contributed by atoms with Crippen molar-refractivity contribution in [3.05, 3.63) is 181 Å². The molecule has 0 fully saturated rings. The number of aromatic nitrogens is 2. The molecule has 0 amide bonds. The molecule has 0 aliphatic heterocycles. The van der Waals surface area contributed by atoms with E-state index >= 15 is 0 Å². The van der Waals surface area contributed by atoms with Crippen LogP contribution in [0.5, 0.6) is 0 Å². The molecule has 0 spiro atoms. The van der Waals surface area contributed by atoms with E-state index in [-0.39, 0.29) is 20.1 Å². The Kier molecular flexibility index (Phi) is 9.72. The van der Waals surface area contributed by atoms with Gasteiger partial charge in [0.2, 0.25) is 0 Å². The standard InChI is InChI=1S/C33H20NO.C14H14N.Ir/c1-2-9-22(10-3-1)29-21-23(16-17-26(29)30-14-6-7-20-34-30)24-12-8-13-27-25(24)18-19-32-33(27)28-11-4-5-15-31(28)35-32;1-10-4-6-13(7-5-10)14-8-11(2)12(3)9-15-14;/h1-16,18-21H;4-6,8-9H,1-3H3;/q2*-1;. The van der Waals surface area contributed by atoms with Crippen LogP contribution in [-0.2, 0) is 20.1 Å². The van der Waals surface area contributed by atoms with Crippen LogP contribution in [0.3, 0.4) is 0 Å². The summed E-state index contributed by atoms with van der Waals surface area (Å²) in [5.74, 6) is 0. The van der Waals surface area contributed by atoms with E-state index in [0.717, 1.165) is 61.1 Å². The number of pyridine rings is 2. The van der Waals surface area contributed by atoms with E-state index in [0.29, 0.717) is 0 Å². The van der Waals surface area contributed by atoms with Crippen LogP contribution in [-0.4, -0.2) is 9.97 Å². The van der Waals surface area contributed by atoms with E-state index in [9.17, 15) is 0 Å². The summed E-state index contributed by atoms with van der Waals surface area (Å²) in [6.07, 6.45) is 3.75. The Bertz CT molecular complexity index is 2610. The molecule has 0 N–H and O–H groups in total. The fourth-order valence-electron chi connectivity index (χ4n) is 6.49. The van der Waals surface area contributed by atoms with Gasteiger partial charge in [-0.3, -0.25) is 0 Å². The zero-order chi connectivity index (χ0) is 34.0. The van der Waals surface area contributed by atoms with Crippen molar-refractivity contribution < 1.29 is 24.5 Å². The first kappa shape index (κ1) is 33.8. The molecule has 3 aromatic heterocycles. The van der Waals surface area contributed by atoms with Crippen molar-refractivity contribution in [1.82, 2.24) is 9.97 Å². The first-order valence-electron chi connectivity index (χ1n) is 16.8. The monoisotopic (exact) mass is 835 g/mol. The Morgan fingerprint density at radius 3 is 2.12 bits per heavy atom. The van der Waals surface area contributed by atoms with Gasteiger partial charge in [0.25, 0.3) is 0 Å². The summed E-state index contributed by atoms with van der Waals surface area (Å²) >= 11 is 0. The molecule has 9 aromatic rings. The smallest absolute Gasteiger partial charge is 0.136 e. The first-order chi connectivity index (χ1) is 24.5. The maximum atomic E-state index is 6.13. The molecule has 0 saturated heterocycles. The third kappa shape index (κ3) is 6.77. The van der Waals surface area contributed by atoms with Gasteiger partial charge in [0.05, 0.1) is 0 Å². The molecule has 0 saturated carbocycles. The molecule has 0 bridgehead atoms. The van der Waals surface area contributed by atoms with Crippen LogP contribution in [0.4, 0.5) is 0 Å². The minimum atomic E-state index is 0. The summed E-state index contributed by atoms with van der Waals surface area (Å²) in [5.41, 5.74) is 14.1. The molecule has 249 valence electrons. The number of benzene rings is 6. The molecular weight excluding hydrogens is 801 g/mol. The maximum Gasteiger partial charge on any atom is 0.136 e. The largest absolute Gasteiger partial charge is 0.456 e. The zero-order valence-electron chi connectivity index (χ0n) is 28.6. The van der Waals surface area contributed by atoms with E-state index in [1.165, 1.54) is 33.0 Å². The summed E-state index contributed by atoms with van der Waals surface area (Å²) in [5, 5.41) is 4.70. The maximum absolute atomic E-state index is 6.13. The van der Waals surface area contributed by atoms with Gasteiger partial charge in [0, 0.05) is 43.3 Å². The van der Waals surface area contributed by atoms with Gasteiger partial charge >= 0.3 is 0 Å². The van der Waals surface area contributed by atoms with Crippen molar-refractivity contribution >= 4 is 32.7 Å². The number of hydrogen-bond acceptors (Lipinski definition) is 3. The topological polar surface area (TPSA) is 38.9 Å². The van der Waals surface area contributed by atoms with Crippen LogP contribution in [0.2, 0.25) is 0 Å². The number of hydrogen-bond donors (Lipinski definition) is 0. The Balaban J connectivity index is 0.000000214. The Morgan fingerprint density at radius 2 is 1.33 bits per heavy atom. The predicted octanol–water partition coefficient (Wildman–Crippen LogP) is 12.4. The zero-order valence-corrected chi connectivity index (χ0v) is 31.0. The molecule has 9 rings (SSSR count). The van der Waals surface area contributed by atoms with Gasteiger partial charge in [-0.05, 0) is 59.8 Å². The summed E-state index contributed by atoms with van der Waals surface area (Å²) in [7, 11) is 0. The molecule has 0 aliphatic carbocycles. The van der Waals surface area contributed by atoms with Gasteiger partial charge in [0.1, 0.15) is 11.2 Å². The van der Waals surface area contributed by atoms with Crippen molar-refractivity contribution in [3.63, 3.8) is 0 Å². The molecule has 0 atom stereocenters. The van der Waals surface area contributed by atoms with Crippen molar-refractivity contribution in [3.8, 4) is 44.8 Å². The summed E-state index contributed by atoms with van der Waals surface area (Å²) < 4.78 is 6.13. The average molecular weight is 835 g/mol. The summed E-state index contributed by atoms with van der Waals surface area (Å²) in [6, 6.07) is 54.9. The van der Waals surface area contributed by atoms with E-state index in [4.69, 9.17) is 4.42 Å². The van der Waals surface area contributed by atoms with Crippen LogP contribution >= 0.6 is 0 Å². The molecule has 3 heterocycles. The summed E-state index contributed by atoms with van der Waals surface area (Å²) in [6.45, 7) is 6.24. The Morgan fingerprint density at radius 1 is 0.529 bits per heavy atom. The SMILES string of the molecule is Cc1c[c-]c(-c2cc(C)c(C)cn2)cc1.[Ir].[c-]1cc(-c2cccc3c2ccc2oc4ccccc4c23)cc(-c2ccccc2)c1-c1ccccn1. The second-order valence-corrected chi connectivity index (χ2v) is 12.6. The second kappa shape index (κ2) is 14.7. The average Bonchev–Trinajstić information content (AvgIpc) is 3.56. The van der Waals surface area contributed by atoms with Gasteiger partial charge in [-0.1, -0.05) is 126 Å². The van der Waals surface area contributed by atoms with Gasteiger partial charge in [-0.15, -0.1) is 59.2 Å². The Labute approximate surface area is 312 Å². The van der Waals surface area contributed by atoms with Crippen LogP contribution in [0.25, 0.3) is 77.5 Å². The van der Waals surface area contributed by atoms with Gasteiger partial charge < -0.3 is 14.4 Å². The molecule has 4 heteroatoms. The van der Waals surface area contributed by atoms with E-state index < -0.39 is 0 Å². The second-order valence-electron chi connectivity index (χ2n) is 12.6. The number of nitrogens with zero attached hydrogens (tertiary/aromatic N) is 2. The van der Waals surface area contributed by atoms with Crippen LogP contribution in [0, 0.1) is 32.9 Å². The number of rotatable bonds is 4. The van der Waals surface area contributed by atoms with Crippen LogP contribution in [0.1, 0.15) is 16.7 Å². The number of furan rings is 1. The quantitative estimate of drug-likeness (QED) is 0.166. The minimum absolute atomic E-state index is 0. The molecule has 6 aromatic carbocycles. The van der Waals surface area contributed by atoms with Crippen molar-refractivity contribution in [1.29, 1.82) is 0 Å². The molecule has 0 unspecified atom stereocenters. The fourth-order valence-corrected chi connectivity index (χ4v) is 6.49. The molecule has 51 heavy (non-hydrogen) atoms. The number of aryl methyl sites for hydroxylation is 3. The van der Waals surface area contributed by atoms with Crippen molar-refractivity contribution in [2.24, 2.45) is 0 Å². The van der Waals surface area contributed by atoms with Crippen molar-refractivity contribution in [2.45, 2.75) is 20.8 Å². The fraction of sp³-hybridized carbons (Fsp3) is 0.0638. The molecule has 3 nitrogen and oxygen atoms in total. The number of fused-ring (bicyclic) bond motifs is 5. The van der Waals surface area contributed by atoms with E-state index in [2.05, 4.69) is 140 Å². The first-order valence-corrected chi connectivity index (χ1v) is 16.8. The predicted molar refractivity (Wildman–Crippen MR) is 207 cm³/mol. The van der Waals surface area contributed by atoms with E-state index in [1.807, 2.05) is 54.9 Å². The third-order valence-corrected chi connectivity index (χ3v) is 9.27. The Hall–Kier alpha value is -5.67. The molecule has 0 aliphatic rings. The van der Waals surface area contributed by atoms with Gasteiger partial charge in [-0.25, -0.2) is 0 Å². The summed E-state index contributed by atoms with van der Waals surface area (Å²) in [4.78, 5) is 9.01. The molecule has 1 radical (unpaired) electrons. The minimum Gasteiger partial charge on any atom is -0.456 e. The molecular formula is C47H34IrN2O-2. The van der Waals surface area contributed by atoms with Gasteiger partial charge in [-0.2, -0.15) is 0 Å². The normalized spacial score (nSPS) is 10.9. The van der Waals surface area contributed by atoms with E-state index in [1.54, 1.807) is 0 Å². The third-order valence-electron chi connectivity index (χ3n) is 9.27. The van der Waals surface area contributed by atoms with Crippen molar-refractivity contribution in [2.75, 3.05) is 0 Å².